The van der Waals surface area contributed by atoms with E-state index in [0.29, 0.717) is 0 Å². The van der Waals surface area contributed by atoms with Crippen LogP contribution in [0.4, 0.5) is 17.1 Å². The fourth-order valence-electron chi connectivity index (χ4n) is 9.22. The molecular formula is C55H37NO. The van der Waals surface area contributed by atoms with Crippen LogP contribution in [-0.2, 0) is 5.41 Å². The van der Waals surface area contributed by atoms with Crippen molar-refractivity contribution in [3.05, 3.63) is 247 Å². The van der Waals surface area contributed by atoms with Gasteiger partial charge in [-0.25, -0.2) is 0 Å². The van der Waals surface area contributed by atoms with Crippen LogP contribution in [0.15, 0.2) is 229 Å². The summed E-state index contributed by atoms with van der Waals surface area (Å²) in [6.07, 6.45) is 0. The van der Waals surface area contributed by atoms with Gasteiger partial charge in [0.1, 0.15) is 11.2 Å². The first kappa shape index (κ1) is 33.0. The van der Waals surface area contributed by atoms with Crippen LogP contribution in [-0.4, -0.2) is 0 Å². The molecule has 0 spiro atoms. The molecule has 1 aliphatic rings. The first-order chi connectivity index (χ1) is 28.3. The number of rotatable bonds is 7. The molecule has 2 nitrogen and oxygen atoms in total. The van der Waals surface area contributed by atoms with Gasteiger partial charge in [0.2, 0.25) is 0 Å². The molecule has 0 saturated carbocycles. The predicted octanol–water partition coefficient (Wildman–Crippen LogP) is 14.8. The maximum absolute atomic E-state index is 7.03. The first-order valence-electron chi connectivity index (χ1n) is 19.6. The molecule has 11 rings (SSSR count). The van der Waals surface area contributed by atoms with Gasteiger partial charge in [0, 0.05) is 33.4 Å². The molecule has 10 aromatic rings. The number of nitrogens with zero attached hydrogens (tertiary/aromatic N) is 1. The van der Waals surface area contributed by atoms with Crippen LogP contribution < -0.4 is 4.90 Å². The second-order valence-electron chi connectivity index (χ2n) is 14.8. The summed E-state index contributed by atoms with van der Waals surface area (Å²) in [5.74, 6) is 0. The molecule has 0 fully saturated rings. The Balaban J connectivity index is 1.10. The average molecular weight is 728 g/mol. The third-order valence-electron chi connectivity index (χ3n) is 11.8. The molecule has 9 aromatic carbocycles. The highest BCUT2D eigenvalue weighted by atomic mass is 16.3. The number of hydrogen-bond acceptors (Lipinski definition) is 2. The zero-order valence-electron chi connectivity index (χ0n) is 31.2. The van der Waals surface area contributed by atoms with E-state index in [0.717, 1.165) is 44.6 Å². The topological polar surface area (TPSA) is 16.4 Å². The van der Waals surface area contributed by atoms with Crippen molar-refractivity contribution < 1.29 is 4.42 Å². The molecule has 0 atom stereocenters. The Bertz CT molecular complexity index is 2910. The number of para-hydroxylation sites is 1. The van der Waals surface area contributed by atoms with Crippen LogP contribution in [0, 0.1) is 0 Å². The summed E-state index contributed by atoms with van der Waals surface area (Å²) in [5.41, 5.74) is 16.6. The van der Waals surface area contributed by atoms with Crippen LogP contribution in [0.2, 0.25) is 0 Å². The van der Waals surface area contributed by atoms with Gasteiger partial charge in [-0.05, 0) is 92.5 Å². The zero-order chi connectivity index (χ0) is 37.8. The number of anilines is 3. The van der Waals surface area contributed by atoms with Crippen molar-refractivity contribution >= 4 is 39.0 Å². The normalized spacial score (nSPS) is 12.7. The molecule has 0 saturated heterocycles. The molecule has 1 aliphatic carbocycles. The number of furan rings is 1. The van der Waals surface area contributed by atoms with E-state index in [9.17, 15) is 0 Å². The third-order valence-corrected chi connectivity index (χ3v) is 11.8. The maximum atomic E-state index is 7.03. The maximum Gasteiger partial charge on any atom is 0.140 e. The minimum Gasteiger partial charge on any atom is -0.456 e. The fourth-order valence-corrected chi connectivity index (χ4v) is 9.22. The minimum atomic E-state index is -0.558. The number of fused-ring (bicyclic) bond motifs is 6. The fraction of sp³-hybridized carbons (Fsp3) is 0.0182. The van der Waals surface area contributed by atoms with E-state index < -0.39 is 5.41 Å². The van der Waals surface area contributed by atoms with Gasteiger partial charge in [0.25, 0.3) is 0 Å². The second kappa shape index (κ2) is 13.4. The molecule has 57 heavy (non-hydrogen) atoms. The lowest BCUT2D eigenvalue weighted by atomic mass is 9.67. The molecular weight excluding hydrogens is 691 g/mol. The van der Waals surface area contributed by atoms with Crippen LogP contribution >= 0.6 is 0 Å². The molecule has 0 aliphatic heterocycles. The number of hydrogen-bond donors (Lipinski definition) is 0. The first-order valence-corrected chi connectivity index (χ1v) is 19.6. The van der Waals surface area contributed by atoms with Gasteiger partial charge in [-0.15, -0.1) is 0 Å². The highest BCUT2D eigenvalue weighted by molar-refractivity contribution is 6.09. The summed E-state index contributed by atoms with van der Waals surface area (Å²) in [6, 6.07) is 80.9. The minimum absolute atomic E-state index is 0.558. The quantitative estimate of drug-likeness (QED) is 0.163. The zero-order valence-corrected chi connectivity index (χ0v) is 31.2. The van der Waals surface area contributed by atoms with E-state index in [1.165, 1.54) is 50.1 Å². The smallest absolute Gasteiger partial charge is 0.140 e. The lowest BCUT2D eigenvalue weighted by Gasteiger charge is -2.33. The van der Waals surface area contributed by atoms with Crippen LogP contribution in [0.3, 0.4) is 0 Å². The Labute approximate surface area is 332 Å². The Morgan fingerprint density at radius 3 is 1.35 bits per heavy atom. The van der Waals surface area contributed by atoms with Crippen molar-refractivity contribution in [1.29, 1.82) is 0 Å². The van der Waals surface area contributed by atoms with Gasteiger partial charge in [-0.3, -0.25) is 0 Å². The molecule has 1 aromatic heterocycles. The third kappa shape index (κ3) is 5.26. The predicted molar refractivity (Wildman–Crippen MR) is 237 cm³/mol. The number of benzene rings is 9. The van der Waals surface area contributed by atoms with Crippen LogP contribution in [0.5, 0.6) is 0 Å². The summed E-state index contributed by atoms with van der Waals surface area (Å²) < 4.78 is 7.03. The van der Waals surface area contributed by atoms with Gasteiger partial charge >= 0.3 is 0 Å². The molecule has 0 bridgehead atoms. The van der Waals surface area contributed by atoms with E-state index in [1.54, 1.807) is 0 Å². The Kier molecular flexibility index (Phi) is 7.75. The highest BCUT2D eigenvalue weighted by Gasteiger charge is 2.47. The Morgan fingerprint density at radius 2 is 0.789 bits per heavy atom. The largest absolute Gasteiger partial charge is 0.456 e. The second-order valence-corrected chi connectivity index (χ2v) is 14.8. The van der Waals surface area contributed by atoms with Crippen molar-refractivity contribution in [2.75, 3.05) is 4.90 Å². The Morgan fingerprint density at radius 1 is 0.333 bits per heavy atom. The summed E-state index contributed by atoms with van der Waals surface area (Å²) in [7, 11) is 0. The monoisotopic (exact) mass is 727 g/mol. The van der Waals surface area contributed by atoms with E-state index in [4.69, 9.17) is 4.42 Å². The van der Waals surface area contributed by atoms with Gasteiger partial charge in [-0.1, -0.05) is 182 Å². The van der Waals surface area contributed by atoms with Gasteiger partial charge in [0.05, 0.1) is 5.41 Å². The van der Waals surface area contributed by atoms with E-state index in [1.807, 2.05) is 0 Å². The van der Waals surface area contributed by atoms with E-state index >= 15 is 0 Å². The van der Waals surface area contributed by atoms with Crippen molar-refractivity contribution in [1.82, 2.24) is 0 Å². The SMILES string of the molecule is c1ccc(-c2ccc(N(c3ccc(-c4ccccc4)cc3)c3ccc4oc5c(C6(c7ccccc7)c7ccccc7-c7ccccc76)cccc5c4c3)cc2)cc1. The molecule has 0 radical (unpaired) electrons. The molecule has 0 N–H and O–H groups in total. The van der Waals surface area contributed by atoms with Crippen molar-refractivity contribution in [3.8, 4) is 33.4 Å². The standard InChI is InChI=1S/C55H37NO/c1-4-15-38(16-5-1)40-27-31-43(32-28-40)56(44-33-29-41(30-34-44)39-17-6-2-7-18-39)45-35-36-53-49(37-45)48-23-14-26-52(54(48)57-53)55(42-19-8-3-9-20-42)50-24-12-10-21-46(50)47-22-11-13-25-51(47)55/h1-37H. The van der Waals surface area contributed by atoms with Gasteiger partial charge in [0.15, 0.2) is 0 Å². The van der Waals surface area contributed by atoms with E-state index in [-0.39, 0.29) is 0 Å². The summed E-state index contributed by atoms with van der Waals surface area (Å²) in [6.45, 7) is 0. The summed E-state index contributed by atoms with van der Waals surface area (Å²) in [4.78, 5) is 2.35. The van der Waals surface area contributed by atoms with Gasteiger partial charge < -0.3 is 9.32 Å². The average Bonchev–Trinajstić information content (AvgIpc) is 3.82. The lowest BCUT2D eigenvalue weighted by molar-refractivity contribution is 0.648. The molecule has 0 unspecified atom stereocenters. The Hall–Kier alpha value is -7.42. The van der Waals surface area contributed by atoms with Crippen molar-refractivity contribution in [2.45, 2.75) is 5.41 Å². The van der Waals surface area contributed by atoms with Crippen LogP contribution in [0.1, 0.15) is 22.3 Å². The lowest BCUT2D eigenvalue weighted by Crippen LogP contribution is -2.28. The summed E-state index contributed by atoms with van der Waals surface area (Å²) in [5, 5.41) is 2.18. The van der Waals surface area contributed by atoms with Crippen molar-refractivity contribution in [3.63, 3.8) is 0 Å². The molecule has 268 valence electrons. The molecule has 1 heterocycles. The summed E-state index contributed by atoms with van der Waals surface area (Å²) >= 11 is 0. The highest BCUT2D eigenvalue weighted by Crippen LogP contribution is 2.57. The van der Waals surface area contributed by atoms with Gasteiger partial charge in [-0.2, -0.15) is 0 Å². The molecule has 0 amide bonds. The van der Waals surface area contributed by atoms with E-state index in [2.05, 4.69) is 229 Å². The molecule has 2 heteroatoms. The van der Waals surface area contributed by atoms with Crippen LogP contribution in [0.25, 0.3) is 55.3 Å². The van der Waals surface area contributed by atoms with Crippen molar-refractivity contribution in [2.24, 2.45) is 0 Å².